The van der Waals surface area contributed by atoms with Crippen LogP contribution in [0.3, 0.4) is 0 Å². The highest BCUT2D eigenvalue weighted by Gasteiger charge is 2.32. The first-order chi connectivity index (χ1) is 9.77. The Labute approximate surface area is 121 Å². The summed E-state index contributed by atoms with van der Waals surface area (Å²) in [5, 5.41) is 5.24. The van der Waals surface area contributed by atoms with Gasteiger partial charge in [0.15, 0.2) is 0 Å². The Bertz CT molecular complexity index is 491. The molecule has 0 bridgehead atoms. The number of amides is 1. The molecular formula is C13H19F3N4O. The van der Waals surface area contributed by atoms with Crippen LogP contribution in [0.2, 0.25) is 0 Å². The van der Waals surface area contributed by atoms with E-state index in [1.54, 1.807) is 0 Å². The lowest BCUT2D eigenvalue weighted by atomic mass is 10.2. The number of rotatable bonds is 6. The SMILES string of the molecule is CCCNc1cc(C(F)(F)F)cc(N(C)CC(=O)NC)n1. The molecule has 0 unspecified atom stereocenters. The number of alkyl halides is 3. The van der Waals surface area contributed by atoms with Gasteiger partial charge in [0.25, 0.3) is 0 Å². The van der Waals surface area contributed by atoms with Gasteiger partial charge in [0.05, 0.1) is 12.1 Å². The fraction of sp³-hybridized carbons (Fsp3) is 0.538. The van der Waals surface area contributed by atoms with Gasteiger partial charge in [-0.1, -0.05) is 6.92 Å². The van der Waals surface area contributed by atoms with E-state index in [0.29, 0.717) is 6.54 Å². The largest absolute Gasteiger partial charge is 0.416 e. The van der Waals surface area contributed by atoms with Crippen molar-refractivity contribution in [1.29, 1.82) is 0 Å². The number of likely N-dealkylation sites (N-methyl/N-ethyl adjacent to an activating group) is 2. The molecule has 1 aromatic rings. The van der Waals surface area contributed by atoms with Crippen molar-refractivity contribution in [3.63, 3.8) is 0 Å². The summed E-state index contributed by atoms with van der Waals surface area (Å²) in [4.78, 5) is 16.8. The second-order valence-corrected chi connectivity index (χ2v) is 4.55. The van der Waals surface area contributed by atoms with Crippen LogP contribution in [0.4, 0.5) is 24.8 Å². The Kier molecular flexibility index (Phi) is 5.80. The molecule has 1 aromatic heterocycles. The second kappa shape index (κ2) is 7.14. The van der Waals surface area contributed by atoms with Crippen molar-refractivity contribution in [2.45, 2.75) is 19.5 Å². The Balaban J connectivity index is 3.09. The second-order valence-electron chi connectivity index (χ2n) is 4.55. The third-order valence-electron chi connectivity index (χ3n) is 2.75. The summed E-state index contributed by atoms with van der Waals surface area (Å²) in [5.41, 5.74) is -0.796. The van der Waals surface area contributed by atoms with Crippen molar-refractivity contribution in [2.75, 3.05) is 37.4 Å². The van der Waals surface area contributed by atoms with Crippen LogP contribution >= 0.6 is 0 Å². The Morgan fingerprint density at radius 3 is 2.57 bits per heavy atom. The summed E-state index contributed by atoms with van der Waals surface area (Å²) in [7, 11) is 2.98. The molecule has 0 aliphatic rings. The summed E-state index contributed by atoms with van der Waals surface area (Å²) in [5.74, 6) is -0.0720. The number of nitrogens with zero attached hydrogens (tertiary/aromatic N) is 2. The van der Waals surface area contributed by atoms with Gasteiger partial charge in [0.1, 0.15) is 11.6 Å². The predicted molar refractivity (Wildman–Crippen MR) is 75.4 cm³/mol. The average molecular weight is 304 g/mol. The number of anilines is 2. The predicted octanol–water partition coefficient (Wildman–Crippen LogP) is 2.10. The lowest BCUT2D eigenvalue weighted by molar-refractivity contribution is -0.137. The number of aromatic nitrogens is 1. The standard InChI is InChI=1S/C13H19F3N4O/c1-4-5-18-10-6-9(13(14,15)16)7-11(19-10)20(3)8-12(21)17-2/h6-7H,4-5,8H2,1-3H3,(H,17,21)(H,18,19). The molecule has 1 rings (SSSR count). The lowest BCUT2D eigenvalue weighted by Gasteiger charge is -2.20. The Morgan fingerprint density at radius 1 is 1.38 bits per heavy atom. The molecule has 21 heavy (non-hydrogen) atoms. The van der Waals surface area contributed by atoms with Crippen LogP contribution in [0.1, 0.15) is 18.9 Å². The van der Waals surface area contributed by atoms with Crippen molar-refractivity contribution < 1.29 is 18.0 Å². The molecule has 0 fully saturated rings. The van der Waals surface area contributed by atoms with E-state index in [2.05, 4.69) is 15.6 Å². The van der Waals surface area contributed by atoms with E-state index in [1.807, 2.05) is 6.92 Å². The van der Waals surface area contributed by atoms with E-state index in [-0.39, 0.29) is 24.1 Å². The number of hydrogen-bond acceptors (Lipinski definition) is 4. The average Bonchev–Trinajstić information content (AvgIpc) is 2.43. The summed E-state index contributed by atoms with van der Waals surface area (Å²) in [6.45, 7) is 2.35. The topological polar surface area (TPSA) is 57.3 Å². The van der Waals surface area contributed by atoms with E-state index < -0.39 is 11.7 Å². The van der Waals surface area contributed by atoms with E-state index in [4.69, 9.17) is 0 Å². The number of halogens is 3. The zero-order valence-corrected chi connectivity index (χ0v) is 12.2. The van der Waals surface area contributed by atoms with Crippen molar-refractivity contribution >= 4 is 17.5 Å². The number of carbonyl (C=O) groups excluding carboxylic acids is 1. The molecule has 1 heterocycles. The molecule has 118 valence electrons. The van der Waals surface area contributed by atoms with E-state index in [9.17, 15) is 18.0 Å². The summed E-state index contributed by atoms with van der Waals surface area (Å²) in [6.07, 6.45) is -3.70. The maximum absolute atomic E-state index is 12.9. The van der Waals surface area contributed by atoms with E-state index in [1.165, 1.54) is 19.0 Å². The van der Waals surface area contributed by atoms with Crippen LogP contribution in [-0.4, -0.2) is 38.1 Å². The van der Waals surface area contributed by atoms with Crippen LogP contribution in [0.25, 0.3) is 0 Å². The highest BCUT2D eigenvalue weighted by Crippen LogP contribution is 2.32. The molecule has 2 N–H and O–H groups in total. The van der Waals surface area contributed by atoms with Crippen molar-refractivity contribution in [2.24, 2.45) is 0 Å². The van der Waals surface area contributed by atoms with Gasteiger partial charge in [0.2, 0.25) is 5.91 Å². The van der Waals surface area contributed by atoms with Gasteiger partial charge >= 0.3 is 6.18 Å². The van der Waals surface area contributed by atoms with Gasteiger partial charge in [-0.3, -0.25) is 4.79 Å². The van der Waals surface area contributed by atoms with Gasteiger partial charge in [-0.25, -0.2) is 4.98 Å². The van der Waals surface area contributed by atoms with Crippen LogP contribution in [0.15, 0.2) is 12.1 Å². The molecule has 0 aliphatic carbocycles. The zero-order chi connectivity index (χ0) is 16.0. The van der Waals surface area contributed by atoms with Crippen LogP contribution in [0.5, 0.6) is 0 Å². The lowest BCUT2D eigenvalue weighted by Crippen LogP contribution is -2.33. The van der Waals surface area contributed by atoms with Gasteiger partial charge < -0.3 is 15.5 Å². The van der Waals surface area contributed by atoms with Gasteiger partial charge in [-0.2, -0.15) is 13.2 Å². The highest BCUT2D eigenvalue weighted by atomic mass is 19.4. The highest BCUT2D eigenvalue weighted by molar-refractivity contribution is 5.80. The molecule has 0 saturated heterocycles. The molecular weight excluding hydrogens is 285 g/mol. The summed E-state index contributed by atoms with van der Waals surface area (Å²) >= 11 is 0. The first kappa shape index (κ1) is 17.1. The molecule has 0 saturated carbocycles. The maximum atomic E-state index is 12.9. The minimum Gasteiger partial charge on any atom is -0.370 e. The number of hydrogen-bond donors (Lipinski definition) is 2. The quantitative estimate of drug-likeness (QED) is 0.845. The third kappa shape index (κ3) is 5.13. The van der Waals surface area contributed by atoms with Crippen molar-refractivity contribution in [3.8, 4) is 0 Å². The number of nitrogens with one attached hydrogen (secondary N) is 2. The molecule has 0 radical (unpaired) electrons. The fourth-order valence-electron chi connectivity index (χ4n) is 1.59. The Morgan fingerprint density at radius 2 is 2.05 bits per heavy atom. The smallest absolute Gasteiger partial charge is 0.370 e. The van der Waals surface area contributed by atoms with Crippen LogP contribution in [0, 0.1) is 0 Å². The van der Waals surface area contributed by atoms with Crippen molar-refractivity contribution in [3.05, 3.63) is 17.7 Å². The van der Waals surface area contributed by atoms with Gasteiger partial charge in [0, 0.05) is 20.6 Å². The van der Waals surface area contributed by atoms with Crippen molar-refractivity contribution in [1.82, 2.24) is 10.3 Å². The third-order valence-corrected chi connectivity index (χ3v) is 2.75. The molecule has 0 atom stereocenters. The molecule has 0 aromatic carbocycles. The molecule has 8 heteroatoms. The summed E-state index contributed by atoms with van der Waals surface area (Å²) in [6, 6.07) is 1.90. The normalized spacial score (nSPS) is 11.1. The first-order valence-corrected chi connectivity index (χ1v) is 6.52. The van der Waals surface area contributed by atoms with Gasteiger partial charge in [-0.15, -0.1) is 0 Å². The molecule has 5 nitrogen and oxygen atoms in total. The van der Waals surface area contributed by atoms with E-state index >= 15 is 0 Å². The van der Waals surface area contributed by atoms with Gasteiger partial charge in [-0.05, 0) is 18.6 Å². The minimum absolute atomic E-state index is 0.0714. The Hall–Kier alpha value is -1.99. The zero-order valence-electron chi connectivity index (χ0n) is 12.2. The maximum Gasteiger partial charge on any atom is 0.416 e. The molecule has 0 spiro atoms. The fourth-order valence-corrected chi connectivity index (χ4v) is 1.59. The number of carbonyl (C=O) groups is 1. The molecule has 1 amide bonds. The van der Waals surface area contributed by atoms with Crippen LogP contribution in [-0.2, 0) is 11.0 Å². The molecule has 0 aliphatic heterocycles. The first-order valence-electron chi connectivity index (χ1n) is 6.52. The van der Waals surface area contributed by atoms with E-state index in [0.717, 1.165) is 18.6 Å². The minimum atomic E-state index is -4.46. The van der Waals surface area contributed by atoms with Crippen LogP contribution < -0.4 is 15.5 Å². The number of pyridine rings is 1. The summed E-state index contributed by atoms with van der Waals surface area (Å²) < 4.78 is 38.7. The monoisotopic (exact) mass is 304 g/mol.